The number of nitrogens with zero attached hydrogens (tertiary/aromatic N) is 7. The Balaban J connectivity index is 1.17. The van der Waals surface area contributed by atoms with Crippen LogP contribution in [0.5, 0.6) is 0 Å². The summed E-state index contributed by atoms with van der Waals surface area (Å²) >= 11 is 0. The van der Waals surface area contributed by atoms with Crippen molar-refractivity contribution in [3.63, 3.8) is 0 Å². The van der Waals surface area contributed by atoms with Crippen LogP contribution in [0.15, 0.2) is 73.1 Å². The average molecular weight is 457 g/mol. The maximum Gasteiger partial charge on any atom is 0.360 e. The molecule has 10 heteroatoms. The van der Waals surface area contributed by atoms with Crippen molar-refractivity contribution in [1.29, 1.82) is 0 Å². The van der Waals surface area contributed by atoms with E-state index in [4.69, 9.17) is 4.74 Å². The van der Waals surface area contributed by atoms with Gasteiger partial charge in [-0.3, -0.25) is 4.79 Å². The minimum absolute atomic E-state index is 0.0370. The van der Waals surface area contributed by atoms with E-state index in [0.29, 0.717) is 18.8 Å². The lowest BCUT2D eigenvalue weighted by molar-refractivity contribution is 0.0335. The fraction of sp³-hybridized carbons (Fsp3) is 0.250. The molecule has 0 saturated carbocycles. The molecule has 1 aliphatic heterocycles. The molecule has 5 rings (SSSR count). The normalized spacial score (nSPS) is 15.8. The molecule has 3 heterocycles. The lowest BCUT2D eigenvalue weighted by Crippen LogP contribution is -2.41. The van der Waals surface area contributed by atoms with Crippen molar-refractivity contribution < 1.29 is 14.3 Å². The van der Waals surface area contributed by atoms with E-state index in [1.165, 1.54) is 4.68 Å². The molecule has 4 aromatic rings. The van der Waals surface area contributed by atoms with Crippen LogP contribution < -0.4 is 0 Å². The number of likely N-dealkylation sites (tertiary alicyclic amines) is 1. The number of hydrogen-bond acceptors (Lipinski definition) is 7. The third-order valence-electron chi connectivity index (χ3n) is 5.71. The summed E-state index contributed by atoms with van der Waals surface area (Å²) < 4.78 is 8.60. The van der Waals surface area contributed by atoms with Crippen LogP contribution in [0, 0.1) is 5.92 Å². The molecule has 1 aliphatic rings. The predicted molar refractivity (Wildman–Crippen MR) is 122 cm³/mol. The number of amides is 1. The quantitative estimate of drug-likeness (QED) is 0.410. The van der Waals surface area contributed by atoms with Crippen molar-refractivity contribution in [2.75, 3.05) is 19.7 Å². The smallest absolute Gasteiger partial charge is 0.360 e. The fourth-order valence-electron chi connectivity index (χ4n) is 3.95. The van der Waals surface area contributed by atoms with Crippen molar-refractivity contribution >= 4 is 11.9 Å². The molecule has 1 unspecified atom stereocenters. The largest absolute Gasteiger partial charge is 0.461 e. The zero-order chi connectivity index (χ0) is 23.3. The third-order valence-corrected chi connectivity index (χ3v) is 5.71. The molecule has 10 nitrogen and oxygen atoms in total. The molecular formula is C24H23N7O3. The molecule has 0 bridgehead atoms. The maximum atomic E-state index is 13.0. The van der Waals surface area contributed by atoms with Gasteiger partial charge in [-0.1, -0.05) is 46.8 Å². The third kappa shape index (κ3) is 4.70. The summed E-state index contributed by atoms with van der Waals surface area (Å²) in [6.07, 6.45) is 4.87. The number of hydrogen-bond donors (Lipinski definition) is 0. The van der Waals surface area contributed by atoms with Crippen LogP contribution in [-0.4, -0.2) is 66.5 Å². The lowest BCUT2D eigenvalue weighted by Gasteiger charge is -2.31. The molecule has 0 aliphatic carbocycles. The second-order valence-electron chi connectivity index (χ2n) is 8.13. The highest BCUT2D eigenvalue weighted by Gasteiger charge is 2.27. The van der Waals surface area contributed by atoms with Gasteiger partial charge in [0.15, 0.2) is 11.4 Å². The SMILES string of the molecule is O=C(OCC1CCCN(C(=O)c2cn(-c3ccccc3)nn2)C1)c1cn(-c2ccccc2)nn1. The van der Waals surface area contributed by atoms with E-state index in [9.17, 15) is 9.59 Å². The fourth-order valence-corrected chi connectivity index (χ4v) is 3.95. The summed E-state index contributed by atoms with van der Waals surface area (Å²) in [7, 11) is 0. The van der Waals surface area contributed by atoms with Crippen molar-refractivity contribution in [2.45, 2.75) is 12.8 Å². The van der Waals surface area contributed by atoms with Crippen molar-refractivity contribution in [1.82, 2.24) is 34.9 Å². The molecule has 172 valence electrons. The van der Waals surface area contributed by atoms with Gasteiger partial charge < -0.3 is 9.64 Å². The Hall–Kier alpha value is -4.34. The summed E-state index contributed by atoms with van der Waals surface area (Å²) in [6.45, 7) is 1.32. The van der Waals surface area contributed by atoms with Crippen LogP contribution in [0.3, 0.4) is 0 Å². The molecule has 1 saturated heterocycles. The zero-order valence-electron chi connectivity index (χ0n) is 18.4. The Kier molecular flexibility index (Phi) is 6.11. The van der Waals surface area contributed by atoms with Gasteiger partial charge in [0.2, 0.25) is 0 Å². The Morgan fingerprint density at radius 2 is 1.44 bits per heavy atom. The predicted octanol–water partition coefficient (Wildman–Crippen LogP) is 2.56. The van der Waals surface area contributed by atoms with Crippen molar-refractivity contribution in [2.24, 2.45) is 5.92 Å². The van der Waals surface area contributed by atoms with Crippen LogP contribution in [0.2, 0.25) is 0 Å². The molecule has 2 aromatic carbocycles. The van der Waals surface area contributed by atoms with Gasteiger partial charge in [0, 0.05) is 19.0 Å². The number of piperidine rings is 1. The van der Waals surface area contributed by atoms with E-state index < -0.39 is 5.97 Å². The number of carbonyl (C=O) groups excluding carboxylic acids is 2. The maximum absolute atomic E-state index is 13.0. The van der Waals surface area contributed by atoms with Gasteiger partial charge in [-0.15, -0.1) is 10.2 Å². The second kappa shape index (κ2) is 9.65. The minimum atomic E-state index is -0.531. The van der Waals surface area contributed by atoms with Crippen molar-refractivity contribution in [3.05, 3.63) is 84.4 Å². The molecule has 1 amide bonds. The van der Waals surface area contributed by atoms with E-state index in [2.05, 4.69) is 20.6 Å². The van der Waals surface area contributed by atoms with E-state index in [-0.39, 0.29) is 24.1 Å². The molecule has 2 aromatic heterocycles. The summed E-state index contributed by atoms with van der Waals surface area (Å²) in [4.78, 5) is 27.2. The monoisotopic (exact) mass is 457 g/mol. The van der Waals surface area contributed by atoms with E-state index >= 15 is 0 Å². The van der Waals surface area contributed by atoms with E-state index in [1.807, 2.05) is 60.7 Å². The Morgan fingerprint density at radius 1 is 0.853 bits per heavy atom. The first kappa shape index (κ1) is 21.5. The van der Waals surface area contributed by atoms with Gasteiger partial charge >= 0.3 is 5.97 Å². The first-order valence-corrected chi connectivity index (χ1v) is 11.1. The van der Waals surface area contributed by atoms with Gasteiger partial charge in [0.1, 0.15) is 0 Å². The van der Waals surface area contributed by atoms with Gasteiger partial charge in [0.25, 0.3) is 5.91 Å². The van der Waals surface area contributed by atoms with Gasteiger partial charge in [-0.25, -0.2) is 14.2 Å². The Bertz CT molecular complexity index is 1270. The number of benzene rings is 2. The van der Waals surface area contributed by atoms with Crippen LogP contribution in [0.25, 0.3) is 11.4 Å². The zero-order valence-corrected chi connectivity index (χ0v) is 18.4. The highest BCUT2D eigenvalue weighted by Crippen LogP contribution is 2.19. The van der Waals surface area contributed by atoms with Gasteiger partial charge in [-0.05, 0) is 37.1 Å². The Labute approximate surface area is 195 Å². The van der Waals surface area contributed by atoms with Gasteiger partial charge in [0.05, 0.1) is 30.4 Å². The topological polar surface area (TPSA) is 108 Å². The van der Waals surface area contributed by atoms with Crippen LogP contribution in [-0.2, 0) is 4.74 Å². The minimum Gasteiger partial charge on any atom is -0.461 e. The molecule has 0 radical (unpaired) electrons. The number of carbonyl (C=O) groups is 2. The van der Waals surface area contributed by atoms with Gasteiger partial charge in [-0.2, -0.15) is 0 Å². The van der Waals surface area contributed by atoms with Crippen LogP contribution >= 0.6 is 0 Å². The molecule has 0 spiro atoms. The first-order chi connectivity index (χ1) is 16.7. The van der Waals surface area contributed by atoms with E-state index in [1.54, 1.807) is 22.0 Å². The van der Waals surface area contributed by atoms with Crippen molar-refractivity contribution in [3.8, 4) is 11.4 Å². The summed E-state index contributed by atoms with van der Waals surface area (Å²) in [5, 5.41) is 16.0. The lowest BCUT2D eigenvalue weighted by atomic mass is 9.99. The molecule has 1 atom stereocenters. The molecular weight excluding hydrogens is 434 g/mol. The number of rotatable bonds is 6. The standard InChI is InChI=1S/C24H23N7O3/c32-23(21-15-30(27-25-21)19-9-3-1-4-10-19)29-13-7-8-18(14-29)17-34-24(33)22-16-31(28-26-22)20-11-5-2-6-12-20/h1-6,9-12,15-16,18H,7-8,13-14,17H2. The first-order valence-electron chi connectivity index (χ1n) is 11.1. The summed E-state index contributed by atoms with van der Waals surface area (Å²) in [5.41, 5.74) is 2.07. The Morgan fingerprint density at radius 3 is 2.09 bits per heavy atom. The molecule has 0 N–H and O–H groups in total. The molecule has 34 heavy (non-hydrogen) atoms. The summed E-state index contributed by atoms with van der Waals surface area (Å²) in [6, 6.07) is 18.9. The van der Waals surface area contributed by atoms with Crippen LogP contribution in [0.1, 0.15) is 33.8 Å². The second-order valence-corrected chi connectivity index (χ2v) is 8.13. The van der Waals surface area contributed by atoms with E-state index in [0.717, 1.165) is 24.2 Å². The number of esters is 1. The average Bonchev–Trinajstić information content (AvgIpc) is 3.59. The highest BCUT2D eigenvalue weighted by molar-refractivity contribution is 5.92. The summed E-state index contributed by atoms with van der Waals surface area (Å²) in [5.74, 6) is -0.671. The molecule has 1 fully saturated rings. The number of aromatic nitrogens is 6. The number of para-hydroxylation sites is 2. The highest BCUT2D eigenvalue weighted by atomic mass is 16.5. The van der Waals surface area contributed by atoms with Crippen LogP contribution in [0.4, 0.5) is 0 Å². The number of ether oxygens (including phenoxy) is 1.